The second kappa shape index (κ2) is 8.45. The number of hydrogen-bond donors (Lipinski definition) is 1. The van der Waals surface area contributed by atoms with Crippen LogP contribution in [-0.2, 0) is 9.53 Å². The molecular formula is C16H16N2O6S. The highest BCUT2D eigenvalue weighted by molar-refractivity contribution is 7.99. The molecule has 132 valence electrons. The monoisotopic (exact) mass is 364 g/mol. The van der Waals surface area contributed by atoms with E-state index in [9.17, 15) is 20.0 Å². The van der Waals surface area contributed by atoms with Crippen LogP contribution in [0.25, 0.3) is 0 Å². The molecule has 2 atom stereocenters. The number of thioether (sulfide) groups is 1. The van der Waals surface area contributed by atoms with E-state index in [0.717, 1.165) is 18.9 Å². The van der Waals surface area contributed by atoms with Crippen LogP contribution in [0.3, 0.4) is 0 Å². The smallest absolute Gasteiger partial charge is 0.336 e. The van der Waals surface area contributed by atoms with E-state index in [0.29, 0.717) is 11.3 Å². The number of esters is 1. The highest BCUT2D eigenvalue weighted by Crippen LogP contribution is 2.41. The fourth-order valence-electron chi connectivity index (χ4n) is 2.09. The molecular weight excluding hydrogens is 348 g/mol. The number of nitrogens with zero attached hydrogens (tertiary/aromatic N) is 2. The predicted molar refractivity (Wildman–Crippen MR) is 90.5 cm³/mol. The van der Waals surface area contributed by atoms with Crippen LogP contribution in [0.2, 0.25) is 0 Å². The van der Waals surface area contributed by atoms with Crippen LogP contribution >= 0.6 is 11.8 Å². The topological polar surface area (TPSA) is 112 Å². The Bertz CT molecular complexity index is 753. The van der Waals surface area contributed by atoms with E-state index in [-0.39, 0.29) is 10.7 Å². The summed E-state index contributed by atoms with van der Waals surface area (Å²) in [5.74, 6) is -0.240. The van der Waals surface area contributed by atoms with Crippen molar-refractivity contribution >= 4 is 23.4 Å². The summed E-state index contributed by atoms with van der Waals surface area (Å²) >= 11 is 0.918. The first-order chi connectivity index (χ1) is 12.0. The van der Waals surface area contributed by atoms with Crippen molar-refractivity contribution in [3.8, 4) is 5.75 Å². The van der Waals surface area contributed by atoms with E-state index < -0.39 is 22.2 Å². The Morgan fingerprint density at radius 3 is 2.52 bits per heavy atom. The lowest BCUT2D eigenvalue weighted by Gasteiger charge is -2.21. The van der Waals surface area contributed by atoms with Crippen LogP contribution in [0.1, 0.15) is 10.8 Å². The van der Waals surface area contributed by atoms with Gasteiger partial charge in [0.15, 0.2) is 11.1 Å². The van der Waals surface area contributed by atoms with Crippen molar-refractivity contribution in [3.63, 3.8) is 0 Å². The van der Waals surface area contributed by atoms with Crippen molar-refractivity contribution in [2.45, 2.75) is 16.4 Å². The zero-order chi connectivity index (χ0) is 18.4. The number of aliphatic hydroxyl groups is 1. The van der Waals surface area contributed by atoms with Gasteiger partial charge < -0.3 is 14.6 Å². The molecule has 0 fully saturated rings. The molecule has 1 aromatic carbocycles. The highest BCUT2D eigenvalue weighted by atomic mass is 32.2. The largest absolute Gasteiger partial charge is 0.497 e. The average Bonchev–Trinajstić information content (AvgIpc) is 2.65. The molecule has 25 heavy (non-hydrogen) atoms. The van der Waals surface area contributed by atoms with Gasteiger partial charge in [0.05, 0.1) is 24.4 Å². The third-order valence-corrected chi connectivity index (χ3v) is 4.68. The molecule has 1 aromatic heterocycles. The Kier molecular flexibility index (Phi) is 6.31. The molecule has 8 nitrogen and oxygen atoms in total. The first kappa shape index (κ1) is 18.7. The maximum atomic E-state index is 11.8. The summed E-state index contributed by atoms with van der Waals surface area (Å²) in [5.41, 5.74) is 0.367. The van der Waals surface area contributed by atoms with Crippen molar-refractivity contribution in [2.75, 3.05) is 14.2 Å². The Balaban J connectivity index is 2.41. The predicted octanol–water partition coefficient (Wildman–Crippen LogP) is 2.37. The normalized spacial score (nSPS) is 12.9. The first-order valence-electron chi connectivity index (χ1n) is 7.13. The minimum absolute atomic E-state index is 0.0938. The van der Waals surface area contributed by atoms with Crippen LogP contribution in [0.4, 0.5) is 5.69 Å². The average molecular weight is 364 g/mol. The van der Waals surface area contributed by atoms with Crippen LogP contribution in [0.5, 0.6) is 5.75 Å². The number of ether oxygens (including phenoxy) is 2. The summed E-state index contributed by atoms with van der Waals surface area (Å²) in [6.45, 7) is 0. The van der Waals surface area contributed by atoms with Gasteiger partial charge in [-0.3, -0.25) is 10.1 Å². The van der Waals surface area contributed by atoms with Gasteiger partial charge in [0.2, 0.25) is 0 Å². The quantitative estimate of drug-likeness (QED) is 0.345. The van der Waals surface area contributed by atoms with Crippen molar-refractivity contribution in [1.29, 1.82) is 0 Å². The molecule has 0 bridgehead atoms. The number of carbonyl (C=O) groups is 1. The van der Waals surface area contributed by atoms with Crippen molar-refractivity contribution in [1.82, 2.24) is 4.98 Å². The molecule has 0 aliphatic carbocycles. The van der Waals surface area contributed by atoms with Gasteiger partial charge in [-0.15, -0.1) is 0 Å². The fourth-order valence-corrected chi connectivity index (χ4v) is 3.24. The Morgan fingerprint density at radius 1 is 1.28 bits per heavy atom. The molecule has 0 radical (unpaired) electrons. The van der Waals surface area contributed by atoms with E-state index >= 15 is 0 Å². The molecule has 0 aliphatic heterocycles. The van der Waals surface area contributed by atoms with E-state index in [1.807, 2.05) is 0 Å². The van der Waals surface area contributed by atoms with Crippen molar-refractivity contribution in [2.24, 2.45) is 0 Å². The van der Waals surface area contributed by atoms with E-state index in [4.69, 9.17) is 4.74 Å². The van der Waals surface area contributed by atoms with Crippen LogP contribution in [0.15, 0.2) is 47.6 Å². The minimum Gasteiger partial charge on any atom is -0.497 e. The third-order valence-electron chi connectivity index (χ3n) is 3.36. The Hall–Kier alpha value is -2.65. The molecule has 1 heterocycles. The number of nitro groups is 1. The standard InChI is InChI=1S/C16H16N2O6S/c1-23-11-7-5-10(6-8-11)14(13(19)16(20)24-2)25-15-12(18(21)22)4-3-9-17-15/h3-9,13-14,19H,1-2H3. The molecule has 1 N–H and O–H groups in total. The summed E-state index contributed by atoms with van der Waals surface area (Å²) in [4.78, 5) is 26.4. The maximum absolute atomic E-state index is 11.8. The van der Waals surface area contributed by atoms with Crippen LogP contribution in [-0.4, -0.2) is 41.3 Å². The van der Waals surface area contributed by atoms with Gasteiger partial charge in [0.25, 0.3) is 0 Å². The minimum atomic E-state index is -1.52. The third kappa shape index (κ3) is 4.46. The molecule has 2 unspecified atom stereocenters. The van der Waals surface area contributed by atoms with E-state index in [1.165, 1.54) is 25.4 Å². The van der Waals surface area contributed by atoms with Gasteiger partial charge in [-0.25, -0.2) is 9.78 Å². The zero-order valence-corrected chi connectivity index (χ0v) is 14.3. The Morgan fingerprint density at radius 2 is 1.96 bits per heavy atom. The zero-order valence-electron chi connectivity index (χ0n) is 13.5. The lowest BCUT2D eigenvalue weighted by Crippen LogP contribution is -2.27. The first-order valence-corrected chi connectivity index (χ1v) is 8.01. The number of methoxy groups -OCH3 is 2. The molecule has 2 rings (SSSR count). The second-order valence-corrected chi connectivity index (χ2v) is 5.99. The lowest BCUT2D eigenvalue weighted by molar-refractivity contribution is -0.388. The lowest BCUT2D eigenvalue weighted by atomic mass is 10.1. The molecule has 9 heteroatoms. The second-order valence-electron chi connectivity index (χ2n) is 4.86. The summed E-state index contributed by atoms with van der Waals surface area (Å²) in [7, 11) is 2.67. The summed E-state index contributed by atoms with van der Waals surface area (Å²) in [6, 6.07) is 9.42. The van der Waals surface area contributed by atoms with Gasteiger partial charge in [0, 0.05) is 12.3 Å². The van der Waals surface area contributed by atoms with Gasteiger partial charge in [0.1, 0.15) is 5.75 Å². The number of hydrogen-bond acceptors (Lipinski definition) is 8. The number of rotatable bonds is 7. The molecule has 0 saturated heterocycles. The maximum Gasteiger partial charge on any atom is 0.336 e. The molecule has 0 spiro atoms. The summed E-state index contributed by atoms with van der Waals surface area (Å²) in [6.07, 6.45) is -0.115. The van der Waals surface area contributed by atoms with Gasteiger partial charge >= 0.3 is 11.7 Å². The molecule has 2 aromatic rings. The van der Waals surface area contributed by atoms with Crippen molar-refractivity contribution in [3.05, 3.63) is 58.3 Å². The number of aromatic nitrogens is 1. The van der Waals surface area contributed by atoms with E-state index in [2.05, 4.69) is 9.72 Å². The summed E-state index contributed by atoms with van der Waals surface area (Å²) in [5, 5.41) is 20.7. The SMILES string of the molecule is COC(=O)C(O)C(Sc1ncccc1[N+](=O)[O-])c1ccc(OC)cc1. The summed E-state index contributed by atoms with van der Waals surface area (Å²) < 4.78 is 9.68. The van der Waals surface area contributed by atoms with Gasteiger partial charge in [-0.2, -0.15) is 0 Å². The molecule has 0 saturated carbocycles. The number of benzene rings is 1. The van der Waals surface area contributed by atoms with Crippen LogP contribution in [0, 0.1) is 10.1 Å². The van der Waals surface area contributed by atoms with Crippen LogP contribution < -0.4 is 4.74 Å². The Labute approximate surface area is 147 Å². The number of carbonyl (C=O) groups excluding carboxylic acids is 1. The molecule has 0 amide bonds. The van der Waals surface area contributed by atoms with Crippen molar-refractivity contribution < 1.29 is 24.3 Å². The highest BCUT2D eigenvalue weighted by Gasteiger charge is 2.32. The van der Waals surface area contributed by atoms with Gasteiger partial charge in [-0.1, -0.05) is 23.9 Å². The van der Waals surface area contributed by atoms with E-state index in [1.54, 1.807) is 24.3 Å². The number of aliphatic hydroxyl groups excluding tert-OH is 1. The fraction of sp³-hybridized carbons (Fsp3) is 0.250. The van der Waals surface area contributed by atoms with Gasteiger partial charge in [-0.05, 0) is 23.8 Å². The number of pyridine rings is 1. The molecule has 0 aliphatic rings.